The molecule has 1 saturated carbocycles. The molecule has 0 spiro atoms. The van der Waals surface area contributed by atoms with Crippen molar-refractivity contribution in [3.05, 3.63) is 35.4 Å². The molecule has 1 aromatic rings. The monoisotopic (exact) mass is 358 g/mol. The second-order valence-electron chi connectivity index (χ2n) is 7.55. The highest BCUT2D eigenvalue weighted by molar-refractivity contribution is 5.94. The van der Waals surface area contributed by atoms with Crippen LogP contribution in [-0.2, 0) is 11.3 Å². The molecule has 142 valence electrons. The van der Waals surface area contributed by atoms with Crippen molar-refractivity contribution in [2.24, 2.45) is 10.9 Å². The maximum absolute atomic E-state index is 12.7. The molecule has 1 heterocycles. The van der Waals surface area contributed by atoms with E-state index in [1.165, 1.54) is 6.42 Å². The van der Waals surface area contributed by atoms with E-state index < -0.39 is 0 Å². The van der Waals surface area contributed by atoms with Gasteiger partial charge >= 0.3 is 0 Å². The highest BCUT2D eigenvalue weighted by Gasteiger charge is 2.33. The minimum Gasteiger partial charge on any atom is -0.372 e. The fraction of sp³-hybridized carbons (Fsp3) is 0.600. The van der Waals surface area contributed by atoms with E-state index >= 15 is 0 Å². The van der Waals surface area contributed by atoms with E-state index in [9.17, 15) is 4.79 Å². The molecule has 2 fully saturated rings. The average Bonchev–Trinajstić information content (AvgIpc) is 3.32. The molecule has 4 atom stereocenters. The fourth-order valence-corrected chi connectivity index (χ4v) is 3.37. The van der Waals surface area contributed by atoms with Crippen LogP contribution in [0, 0.1) is 5.92 Å². The van der Waals surface area contributed by atoms with Crippen molar-refractivity contribution >= 4 is 11.9 Å². The van der Waals surface area contributed by atoms with Gasteiger partial charge in [0.05, 0.1) is 12.2 Å². The fourth-order valence-electron chi connectivity index (χ4n) is 3.37. The number of guanidine groups is 1. The van der Waals surface area contributed by atoms with Gasteiger partial charge < -0.3 is 20.3 Å². The summed E-state index contributed by atoms with van der Waals surface area (Å²) in [6.45, 7) is 8.22. The minimum atomic E-state index is 0.0757. The van der Waals surface area contributed by atoms with Crippen molar-refractivity contribution in [3.63, 3.8) is 0 Å². The summed E-state index contributed by atoms with van der Waals surface area (Å²) in [5.74, 6) is 1.63. The first kappa shape index (κ1) is 18.7. The van der Waals surface area contributed by atoms with Crippen LogP contribution in [0.5, 0.6) is 0 Å². The maximum Gasteiger partial charge on any atom is 0.254 e. The van der Waals surface area contributed by atoms with Crippen LogP contribution < -0.4 is 10.6 Å². The van der Waals surface area contributed by atoms with E-state index in [4.69, 9.17) is 4.74 Å². The Balaban J connectivity index is 1.53. The topological polar surface area (TPSA) is 66.0 Å². The Kier molecular flexibility index (Phi) is 5.81. The predicted molar refractivity (Wildman–Crippen MR) is 103 cm³/mol. The smallest absolute Gasteiger partial charge is 0.254 e. The third-order valence-electron chi connectivity index (χ3n) is 5.02. The van der Waals surface area contributed by atoms with Gasteiger partial charge in [-0.2, -0.15) is 0 Å². The second kappa shape index (κ2) is 8.08. The predicted octanol–water partition coefficient (Wildman–Crippen LogP) is 2.01. The Morgan fingerprint density at radius 1 is 1.19 bits per heavy atom. The first-order chi connectivity index (χ1) is 12.5. The van der Waals surface area contributed by atoms with Crippen molar-refractivity contribution in [3.8, 4) is 0 Å². The van der Waals surface area contributed by atoms with Gasteiger partial charge in [0.25, 0.3) is 5.91 Å². The van der Waals surface area contributed by atoms with Crippen LogP contribution in [0.25, 0.3) is 0 Å². The zero-order valence-electron chi connectivity index (χ0n) is 16.2. The van der Waals surface area contributed by atoms with E-state index in [-0.39, 0.29) is 18.1 Å². The highest BCUT2D eigenvalue weighted by Crippen LogP contribution is 2.28. The van der Waals surface area contributed by atoms with E-state index in [0.29, 0.717) is 25.7 Å². The summed E-state index contributed by atoms with van der Waals surface area (Å²) in [6, 6.07) is 8.35. The number of nitrogens with zero attached hydrogens (tertiary/aromatic N) is 2. The number of benzene rings is 1. The molecule has 6 heteroatoms. The Morgan fingerprint density at radius 3 is 2.35 bits per heavy atom. The number of hydrogen-bond donors (Lipinski definition) is 2. The number of amides is 1. The number of carbonyl (C=O) groups excluding carboxylic acids is 1. The lowest BCUT2D eigenvalue weighted by Gasteiger charge is -2.35. The van der Waals surface area contributed by atoms with Gasteiger partial charge in [-0.3, -0.25) is 9.79 Å². The van der Waals surface area contributed by atoms with Gasteiger partial charge in [-0.1, -0.05) is 19.1 Å². The molecule has 3 rings (SSSR count). The molecule has 6 nitrogen and oxygen atoms in total. The van der Waals surface area contributed by atoms with Gasteiger partial charge in [0.1, 0.15) is 0 Å². The van der Waals surface area contributed by atoms with Gasteiger partial charge in [-0.15, -0.1) is 0 Å². The molecular formula is C20H30N4O2. The SMILES string of the molecule is CN=C(NCc1ccc(C(=O)N2CC(C)OC(C)C2)cc1)NC1CC1C. The lowest BCUT2D eigenvalue weighted by atomic mass is 10.1. The molecule has 1 saturated heterocycles. The minimum absolute atomic E-state index is 0.0757. The summed E-state index contributed by atoms with van der Waals surface area (Å²) in [7, 11) is 1.79. The van der Waals surface area contributed by atoms with Crippen LogP contribution in [0.4, 0.5) is 0 Å². The molecule has 2 aliphatic rings. The number of morpholine rings is 1. The number of aliphatic imine (C=N–C) groups is 1. The summed E-state index contributed by atoms with van der Waals surface area (Å²) in [5.41, 5.74) is 1.85. The van der Waals surface area contributed by atoms with Crippen LogP contribution in [0.1, 0.15) is 43.1 Å². The lowest BCUT2D eigenvalue weighted by molar-refractivity contribution is -0.0586. The van der Waals surface area contributed by atoms with E-state index in [2.05, 4.69) is 22.5 Å². The molecule has 1 amide bonds. The zero-order valence-corrected chi connectivity index (χ0v) is 16.2. The quantitative estimate of drug-likeness (QED) is 0.638. The molecule has 26 heavy (non-hydrogen) atoms. The van der Waals surface area contributed by atoms with Crippen molar-refractivity contribution in [1.82, 2.24) is 15.5 Å². The van der Waals surface area contributed by atoms with Crippen molar-refractivity contribution in [2.75, 3.05) is 20.1 Å². The number of ether oxygens (including phenoxy) is 1. The van der Waals surface area contributed by atoms with Crippen LogP contribution in [0.15, 0.2) is 29.3 Å². The molecule has 1 aromatic carbocycles. The third-order valence-corrected chi connectivity index (χ3v) is 5.02. The Labute approximate surface area is 156 Å². The Morgan fingerprint density at radius 2 is 1.81 bits per heavy atom. The molecule has 0 radical (unpaired) electrons. The molecule has 2 N–H and O–H groups in total. The third kappa shape index (κ3) is 4.75. The highest BCUT2D eigenvalue weighted by atomic mass is 16.5. The molecule has 4 unspecified atom stereocenters. The summed E-state index contributed by atoms with van der Waals surface area (Å²) < 4.78 is 5.71. The van der Waals surface area contributed by atoms with Gasteiger partial charge in [0.2, 0.25) is 0 Å². The second-order valence-corrected chi connectivity index (χ2v) is 7.55. The molecule has 0 aromatic heterocycles. The standard InChI is InChI=1S/C20H30N4O2/c1-13-9-18(13)23-20(21-4)22-10-16-5-7-17(8-6-16)19(25)24-11-14(2)26-15(3)12-24/h5-8,13-15,18H,9-12H2,1-4H3,(H2,21,22,23). The van der Waals surface area contributed by atoms with Crippen LogP contribution in [0.2, 0.25) is 0 Å². The average molecular weight is 358 g/mol. The normalized spacial score (nSPS) is 28.6. The molecule has 0 bridgehead atoms. The summed E-state index contributed by atoms with van der Waals surface area (Å²) in [4.78, 5) is 18.8. The van der Waals surface area contributed by atoms with Gasteiger partial charge in [-0.05, 0) is 43.9 Å². The van der Waals surface area contributed by atoms with Crippen molar-refractivity contribution in [1.29, 1.82) is 0 Å². The summed E-state index contributed by atoms with van der Waals surface area (Å²) in [6.07, 6.45) is 1.37. The van der Waals surface area contributed by atoms with E-state index in [1.807, 2.05) is 43.0 Å². The van der Waals surface area contributed by atoms with E-state index in [0.717, 1.165) is 23.0 Å². The Hall–Kier alpha value is -2.08. The lowest BCUT2D eigenvalue weighted by Crippen LogP contribution is -2.48. The number of carbonyl (C=O) groups is 1. The largest absolute Gasteiger partial charge is 0.372 e. The summed E-state index contributed by atoms with van der Waals surface area (Å²) in [5, 5.41) is 6.74. The zero-order chi connectivity index (χ0) is 18.7. The van der Waals surface area contributed by atoms with Crippen LogP contribution >= 0.6 is 0 Å². The van der Waals surface area contributed by atoms with Crippen molar-refractivity contribution < 1.29 is 9.53 Å². The van der Waals surface area contributed by atoms with Gasteiger partial charge in [-0.25, -0.2) is 0 Å². The van der Waals surface area contributed by atoms with Gasteiger partial charge in [0, 0.05) is 38.3 Å². The maximum atomic E-state index is 12.7. The number of rotatable bonds is 4. The van der Waals surface area contributed by atoms with Gasteiger partial charge in [0.15, 0.2) is 5.96 Å². The number of nitrogens with one attached hydrogen (secondary N) is 2. The van der Waals surface area contributed by atoms with E-state index in [1.54, 1.807) is 7.05 Å². The number of hydrogen-bond acceptors (Lipinski definition) is 3. The van der Waals surface area contributed by atoms with Crippen molar-refractivity contribution in [2.45, 2.75) is 52.0 Å². The molecular weight excluding hydrogens is 328 g/mol. The van der Waals surface area contributed by atoms with Crippen LogP contribution in [-0.4, -0.2) is 55.2 Å². The Bertz CT molecular complexity index is 648. The van der Waals surface area contributed by atoms with Crippen LogP contribution in [0.3, 0.4) is 0 Å². The molecule has 1 aliphatic carbocycles. The summed E-state index contributed by atoms with van der Waals surface area (Å²) >= 11 is 0. The first-order valence-electron chi connectivity index (χ1n) is 9.47. The molecule has 1 aliphatic heterocycles. The first-order valence-corrected chi connectivity index (χ1v) is 9.47.